The summed E-state index contributed by atoms with van der Waals surface area (Å²) in [7, 11) is 1.95. The SMILES string of the molecule is CNCc1ccnc2cc(Br)ccc12. The van der Waals surface area contributed by atoms with E-state index in [9.17, 15) is 0 Å². The third-order valence-corrected chi connectivity index (χ3v) is 2.66. The molecule has 0 bridgehead atoms. The molecule has 0 aliphatic rings. The standard InChI is InChI=1S/C11H11BrN2/c1-13-7-8-4-5-14-11-6-9(12)2-3-10(8)11/h2-6,13H,7H2,1H3. The molecule has 1 N–H and O–H groups in total. The van der Waals surface area contributed by atoms with Gasteiger partial charge in [-0.05, 0) is 30.8 Å². The molecule has 0 aliphatic heterocycles. The molecule has 0 saturated carbocycles. The zero-order valence-electron chi connectivity index (χ0n) is 7.92. The number of nitrogens with zero attached hydrogens (tertiary/aromatic N) is 1. The van der Waals surface area contributed by atoms with E-state index < -0.39 is 0 Å². The van der Waals surface area contributed by atoms with Crippen molar-refractivity contribution in [3.63, 3.8) is 0 Å². The first-order chi connectivity index (χ1) is 6.81. The van der Waals surface area contributed by atoms with Crippen LogP contribution in [0.5, 0.6) is 0 Å². The topological polar surface area (TPSA) is 24.9 Å². The minimum atomic E-state index is 0.876. The van der Waals surface area contributed by atoms with E-state index in [0.29, 0.717) is 0 Å². The van der Waals surface area contributed by atoms with Gasteiger partial charge in [0, 0.05) is 22.6 Å². The van der Waals surface area contributed by atoms with Gasteiger partial charge >= 0.3 is 0 Å². The second kappa shape index (κ2) is 4.07. The maximum absolute atomic E-state index is 4.33. The Labute approximate surface area is 91.5 Å². The number of halogens is 1. The van der Waals surface area contributed by atoms with Crippen LogP contribution in [0.3, 0.4) is 0 Å². The maximum Gasteiger partial charge on any atom is 0.0716 e. The van der Waals surface area contributed by atoms with Crippen molar-refractivity contribution in [2.75, 3.05) is 7.05 Å². The van der Waals surface area contributed by atoms with E-state index in [1.165, 1.54) is 10.9 Å². The van der Waals surface area contributed by atoms with Crippen molar-refractivity contribution in [3.05, 3.63) is 40.5 Å². The lowest BCUT2D eigenvalue weighted by molar-refractivity contribution is 0.822. The van der Waals surface area contributed by atoms with Gasteiger partial charge in [-0.3, -0.25) is 4.98 Å². The molecule has 3 heteroatoms. The molecule has 2 nitrogen and oxygen atoms in total. The number of hydrogen-bond acceptors (Lipinski definition) is 2. The monoisotopic (exact) mass is 250 g/mol. The number of nitrogens with one attached hydrogen (secondary N) is 1. The van der Waals surface area contributed by atoms with Gasteiger partial charge in [0.1, 0.15) is 0 Å². The Morgan fingerprint density at radius 2 is 2.21 bits per heavy atom. The van der Waals surface area contributed by atoms with E-state index in [2.05, 4.69) is 32.3 Å². The lowest BCUT2D eigenvalue weighted by atomic mass is 10.1. The van der Waals surface area contributed by atoms with Gasteiger partial charge in [-0.1, -0.05) is 22.0 Å². The Morgan fingerprint density at radius 3 is 3.00 bits per heavy atom. The lowest BCUT2D eigenvalue weighted by Gasteiger charge is -2.05. The molecule has 1 aromatic carbocycles. The highest BCUT2D eigenvalue weighted by molar-refractivity contribution is 9.10. The molecule has 2 rings (SSSR count). The molecule has 2 aromatic rings. The highest BCUT2D eigenvalue weighted by Crippen LogP contribution is 2.20. The van der Waals surface area contributed by atoms with Crippen LogP contribution in [0.1, 0.15) is 5.56 Å². The highest BCUT2D eigenvalue weighted by atomic mass is 79.9. The molecule has 0 atom stereocenters. The molecule has 0 aliphatic carbocycles. The fraction of sp³-hybridized carbons (Fsp3) is 0.182. The number of benzene rings is 1. The van der Waals surface area contributed by atoms with Crippen LogP contribution in [0.25, 0.3) is 10.9 Å². The van der Waals surface area contributed by atoms with E-state index in [-0.39, 0.29) is 0 Å². The summed E-state index contributed by atoms with van der Waals surface area (Å²) < 4.78 is 1.07. The van der Waals surface area contributed by atoms with Gasteiger partial charge in [0.2, 0.25) is 0 Å². The lowest BCUT2D eigenvalue weighted by Crippen LogP contribution is -2.05. The van der Waals surface area contributed by atoms with Gasteiger partial charge < -0.3 is 5.32 Å². The van der Waals surface area contributed by atoms with E-state index in [4.69, 9.17) is 0 Å². The Morgan fingerprint density at radius 1 is 1.36 bits per heavy atom. The molecular formula is C11H11BrN2. The fourth-order valence-corrected chi connectivity index (χ4v) is 1.87. The first-order valence-corrected chi connectivity index (χ1v) is 5.28. The smallest absolute Gasteiger partial charge is 0.0716 e. The summed E-state index contributed by atoms with van der Waals surface area (Å²) in [4.78, 5) is 4.33. The van der Waals surface area contributed by atoms with E-state index in [1.54, 1.807) is 0 Å². The molecule has 0 saturated heterocycles. The van der Waals surface area contributed by atoms with Crippen molar-refractivity contribution < 1.29 is 0 Å². The van der Waals surface area contributed by atoms with Crippen LogP contribution in [-0.2, 0) is 6.54 Å². The van der Waals surface area contributed by atoms with Gasteiger partial charge in [-0.2, -0.15) is 0 Å². The van der Waals surface area contributed by atoms with Crippen LogP contribution in [0.15, 0.2) is 34.9 Å². The van der Waals surface area contributed by atoms with Gasteiger partial charge in [-0.15, -0.1) is 0 Å². The third-order valence-electron chi connectivity index (χ3n) is 2.16. The molecule has 1 aromatic heterocycles. The molecule has 0 amide bonds. The Balaban J connectivity index is 2.62. The molecule has 72 valence electrons. The number of fused-ring (bicyclic) bond motifs is 1. The highest BCUT2D eigenvalue weighted by Gasteiger charge is 2.00. The average molecular weight is 251 g/mol. The maximum atomic E-state index is 4.33. The largest absolute Gasteiger partial charge is 0.316 e. The number of aromatic nitrogens is 1. The summed E-state index contributed by atoms with van der Waals surface area (Å²) in [5.41, 5.74) is 2.32. The van der Waals surface area contributed by atoms with Crippen LogP contribution in [0.2, 0.25) is 0 Å². The van der Waals surface area contributed by atoms with Gasteiger partial charge in [0.15, 0.2) is 0 Å². The molecule has 1 heterocycles. The first kappa shape index (κ1) is 9.62. The summed E-state index contributed by atoms with van der Waals surface area (Å²) in [6, 6.07) is 8.23. The number of rotatable bonds is 2. The summed E-state index contributed by atoms with van der Waals surface area (Å²) in [5, 5.41) is 4.36. The summed E-state index contributed by atoms with van der Waals surface area (Å²) in [6.45, 7) is 0.876. The average Bonchev–Trinajstić information content (AvgIpc) is 2.18. The molecule has 0 unspecified atom stereocenters. The predicted octanol–water partition coefficient (Wildman–Crippen LogP) is 2.72. The van der Waals surface area contributed by atoms with Crippen molar-refractivity contribution in [1.29, 1.82) is 0 Å². The van der Waals surface area contributed by atoms with Crippen molar-refractivity contribution in [2.45, 2.75) is 6.54 Å². The predicted molar refractivity (Wildman–Crippen MR) is 62.2 cm³/mol. The molecule has 14 heavy (non-hydrogen) atoms. The Hall–Kier alpha value is -0.930. The van der Waals surface area contributed by atoms with Crippen molar-refractivity contribution >= 4 is 26.8 Å². The first-order valence-electron chi connectivity index (χ1n) is 4.49. The second-order valence-electron chi connectivity index (χ2n) is 3.16. The zero-order valence-corrected chi connectivity index (χ0v) is 9.51. The van der Waals surface area contributed by atoms with E-state index in [0.717, 1.165) is 16.5 Å². The molecule has 0 radical (unpaired) electrons. The van der Waals surface area contributed by atoms with Gasteiger partial charge in [0.25, 0.3) is 0 Å². The van der Waals surface area contributed by atoms with E-state index >= 15 is 0 Å². The van der Waals surface area contributed by atoms with Crippen LogP contribution >= 0.6 is 15.9 Å². The molecular weight excluding hydrogens is 240 g/mol. The van der Waals surface area contributed by atoms with Gasteiger partial charge in [-0.25, -0.2) is 0 Å². The normalized spacial score (nSPS) is 10.7. The van der Waals surface area contributed by atoms with Crippen LogP contribution < -0.4 is 5.32 Å². The van der Waals surface area contributed by atoms with E-state index in [1.807, 2.05) is 31.4 Å². The quantitative estimate of drug-likeness (QED) is 0.887. The minimum absolute atomic E-state index is 0.876. The fourth-order valence-electron chi connectivity index (χ4n) is 1.53. The summed E-state index contributed by atoms with van der Waals surface area (Å²) in [5.74, 6) is 0. The number of pyridine rings is 1. The van der Waals surface area contributed by atoms with Crippen LogP contribution in [-0.4, -0.2) is 12.0 Å². The molecule has 0 spiro atoms. The van der Waals surface area contributed by atoms with Crippen LogP contribution in [0, 0.1) is 0 Å². The number of hydrogen-bond donors (Lipinski definition) is 1. The van der Waals surface area contributed by atoms with Crippen molar-refractivity contribution in [1.82, 2.24) is 10.3 Å². The Kier molecular flexibility index (Phi) is 2.79. The summed E-state index contributed by atoms with van der Waals surface area (Å²) in [6.07, 6.45) is 1.85. The Bertz CT molecular complexity index is 454. The summed E-state index contributed by atoms with van der Waals surface area (Å²) >= 11 is 3.44. The van der Waals surface area contributed by atoms with Crippen molar-refractivity contribution in [3.8, 4) is 0 Å². The molecule has 0 fully saturated rings. The minimum Gasteiger partial charge on any atom is -0.316 e. The zero-order chi connectivity index (χ0) is 9.97. The third kappa shape index (κ3) is 1.79. The van der Waals surface area contributed by atoms with Crippen LogP contribution in [0.4, 0.5) is 0 Å². The van der Waals surface area contributed by atoms with Crippen molar-refractivity contribution in [2.24, 2.45) is 0 Å². The van der Waals surface area contributed by atoms with Gasteiger partial charge in [0.05, 0.1) is 5.52 Å². The second-order valence-corrected chi connectivity index (χ2v) is 4.08.